The quantitative estimate of drug-likeness (QED) is 0.351. The number of carbonyl (C=O) groups excluding carboxylic acids is 2. The molecule has 1 aliphatic rings. The summed E-state index contributed by atoms with van der Waals surface area (Å²) in [6.45, 7) is 4.20. The molecule has 1 fully saturated rings. The SMILES string of the molecule is COc1ccc(/C(O)=C2\C(=O)C(=O)N(CCOC(C)C)C2c2ccccc2OC)cc1OC. The van der Waals surface area contributed by atoms with Crippen molar-refractivity contribution in [1.82, 2.24) is 4.90 Å². The Morgan fingerprint density at radius 2 is 1.64 bits per heavy atom. The smallest absolute Gasteiger partial charge is 0.295 e. The fraction of sp³-hybridized carbons (Fsp3) is 0.360. The van der Waals surface area contributed by atoms with E-state index in [4.69, 9.17) is 18.9 Å². The first kappa shape index (κ1) is 24.1. The fourth-order valence-corrected chi connectivity index (χ4v) is 3.85. The van der Waals surface area contributed by atoms with Gasteiger partial charge in [-0.2, -0.15) is 0 Å². The second-order valence-electron chi connectivity index (χ2n) is 7.72. The zero-order chi connectivity index (χ0) is 24.1. The van der Waals surface area contributed by atoms with Crippen molar-refractivity contribution in [1.29, 1.82) is 0 Å². The van der Waals surface area contributed by atoms with Crippen molar-refractivity contribution in [3.8, 4) is 17.2 Å². The number of methoxy groups -OCH3 is 3. The van der Waals surface area contributed by atoms with Gasteiger partial charge in [-0.1, -0.05) is 18.2 Å². The van der Waals surface area contributed by atoms with E-state index >= 15 is 0 Å². The molecule has 8 nitrogen and oxygen atoms in total. The van der Waals surface area contributed by atoms with Crippen LogP contribution in [0.5, 0.6) is 17.2 Å². The Kier molecular flexibility index (Phi) is 7.60. The number of para-hydroxylation sites is 1. The van der Waals surface area contributed by atoms with E-state index in [2.05, 4.69) is 0 Å². The molecule has 0 aromatic heterocycles. The molecule has 2 aromatic rings. The number of hydrogen-bond acceptors (Lipinski definition) is 7. The lowest BCUT2D eigenvalue weighted by molar-refractivity contribution is -0.140. The average molecular weight is 456 g/mol. The molecule has 1 N–H and O–H groups in total. The molecular weight excluding hydrogens is 426 g/mol. The van der Waals surface area contributed by atoms with Crippen LogP contribution in [0.1, 0.15) is 31.0 Å². The molecule has 1 heterocycles. The van der Waals surface area contributed by atoms with Gasteiger partial charge in [-0.15, -0.1) is 0 Å². The van der Waals surface area contributed by atoms with E-state index in [1.807, 2.05) is 13.8 Å². The van der Waals surface area contributed by atoms with Crippen molar-refractivity contribution >= 4 is 17.4 Å². The highest BCUT2D eigenvalue weighted by Gasteiger charge is 2.46. The minimum Gasteiger partial charge on any atom is -0.507 e. The Morgan fingerprint density at radius 1 is 0.970 bits per heavy atom. The average Bonchev–Trinajstić information content (AvgIpc) is 3.07. The third-order valence-corrected chi connectivity index (χ3v) is 5.41. The largest absolute Gasteiger partial charge is 0.507 e. The lowest BCUT2D eigenvalue weighted by Gasteiger charge is -2.26. The van der Waals surface area contributed by atoms with Crippen molar-refractivity contribution in [2.45, 2.75) is 26.0 Å². The van der Waals surface area contributed by atoms with E-state index in [0.29, 0.717) is 28.4 Å². The fourth-order valence-electron chi connectivity index (χ4n) is 3.85. The number of carbonyl (C=O) groups is 2. The van der Waals surface area contributed by atoms with Crippen LogP contribution in [0, 0.1) is 0 Å². The summed E-state index contributed by atoms with van der Waals surface area (Å²) in [6.07, 6.45) is -0.0294. The van der Waals surface area contributed by atoms with E-state index < -0.39 is 17.7 Å². The number of nitrogens with zero attached hydrogens (tertiary/aromatic N) is 1. The van der Waals surface area contributed by atoms with Crippen LogP contribution in [-0.4, -0.2) is 62.3 Å². The summed E-state index contributed by atoms with van der Waals surface area (Å²) in [5.74, 6) is -0.436. The van der Waals surface area contributed by atoms with Crippen LogP contribution >= 0.6 is 0 Å². The molecule has 0 radical (unpaired) electrons. The van der Waals surface area contributed by atoms with E-state index in [9.17, 15) is 14.7 Å². The van der Waals surface area contributed by atoms with Crippen LogP contribution in [-0.2, 0) is 14.3 Å². The molecule has 1 atom stereocenters. The summed E-state index contributed by atoms with van der Waals surface area (Å²) < 4.78 is 21.7. The minimum atomic E-state index is -0.843. The minimum absolute atomic E-state index is 0.0266. The number of ketones is 1. The Labute approximate surface area is 193 Å². The maximum Gasteiger partial charge on any atom is 0.295 e. The van der Waals surface area contributed by atoms with Crippen molar-refractivity contribution in [3.63, 3.8) is 0 Å². The van der Waals surface area contributed by atoms with Gasteiger partial charge in [0.15, 0.2) is 11.5 Å². The van der Waals surface area contributed by atoms with Gasteiger partial charge in [0.2, 0.25) is 0 Å². The Bertz CT molecular complexity index is 1060. The molecule has 1 saturated heterocycles. The highest BCUT2D eigenvalue weighted by atomic mass is 16.5. The normalized spacial score (nSPS) is 17.5. The van der Waals surface area contributed by atoms with Gasteiger partial charge in [0.1, 0.15) is 11.5 Å². The van der Waals surface area contributed by atoms with Gasteiger partial charge in [0.25, 0.3) is 11.7 Å². The summed E-state index contributed by atoms with van der Waals surface area (Å²) in [5, 5.41) is 11.2. The maximum atomic E-state index is 13.1. The Morgan fingerprint density at radius 3 is 2.27 bits per heavy atom. The number of aliphatic hydroxyl groups is 1. The monoisotopic (exact) mass is 455 g/mol. The first-order valence-corrected chi connectivity index (χ1v) is 10.6. The Balaban J connectivity index is 2.16. The van der Waals surface area contributed by atoms with E-state index in [1.165, 1.54) is 26.2 Å². The zero-order valence-electron chi connectivity index (χ0n) is 19.5. The van der Waals surface area contributed by atoms with Crippen LogP contribution in [0.25, 0.3) is 5.76 Å². The van der Waals surface area contributed by atoms with Gasteiger partial charge in [-0.25, -0.2) is 0 Å². The molecular formula is C25H29NO7. The van der Waals surface area contributed by atoms with Gasteiger partial charge in [0.05, 0.1) is 45.7 Å². The number of benzene rings is 2. The molecule has 176 valence electrons. The summed E-state index contributed by atoms with van der Waals surface area (Å²) in [5.41, 5.74) is 0.885. The van der Waals surface area contributed by atoms with Crippen LogP contribution in [0.4, 0.5) is 0 Å². The number of amides is 1. The standard InChI is InChI=1S/C25H29NO7/c1-15(2)33-13-12-26-22(17-8-6-7-9-18(17)30-3)21(24(28)25(26)29)23(27)16-10-11-19(31-4)20(14-16)32-5/h6-11,14-15,22,27H,12-13H2,1-5H3/b23-21+. The predicted octanol–water partition coefficient (Wildman–Crippen LogP) is 3.56. The third-order valence-electron chi connectivity index (χ3n) is 5.41. The molecule has 0 aliphatic carbocycles. The first-order valence-electron chi connectivity index (χ1n) is 10.6. The van der Waals surface area contributed by atoms with Crippen molar-refractivity contribution in [2.24, 2.45) is 0 Å². The highest BCUT2D eigenvalue weighted by Crippen LogP contribution is 2.43. The molecule has 8 heteroatoms. The number of likely N-dealkylation sites (tertiary alicyclic amines) is 1. The summed E-state index contributed by atoms with van der Waals surface area (Å²) in [6, 6.07) is 11.0. The number of Topliss-reactive ketones (excluding diaryl/α,β-unsaturated/α-hetero) is 1. The second kappa shape index (κ2) is 10.4. The van der Waals surface area contributed by atoms with Crippen molar-refractivity contribution in [3.05, 3.63) is 59.2 Å². The summed E-state index contributed by atoms with van der Waals surface area (Å²) in [4.78, 5) is 27.6. The second-order valence-corrected chi connectivity index (χ2v) is 7.72. The number of rotatable bonds is 9. The number of aliphatic hydroxyl groups excluding tert-OH is 1. The summed E-state index contributed by atoms with van der Waals surface area (Å²) in [7, 11) is 4.50. The predicted molar refractivity (Wildman–Crippen MR) is 123 cm³/mol. The van der Waals surface area contributed by atoms with Gasteiger partial charge in [-0.3, -0.25) is 9.59 Å². The molecule has 1 unspecified atom stereocenters. The lowest BCUT2D eigenvalue weighted by atomic mass is 9.94. The van der Waals surface area contributed by atoms with Crippen LogP contribution in [0.2, 0.25) is 0 Å². The third kappa shape index (κ3) is 4.80. The lowest BCUT2D eigenvalue weighted by Crippen LogP contribution is -2.33. The van der Waals surface area contributed by atoms with E-state index in [0.717, 1.165) is 0 Å². The molecule has 0 spiro atoms. The van der Waals surface area contributed by atoms with Gasteiger partial charge in [-0.05, 0) is 38.1 Å². The highest BCUT2D eigenvalue weighted by molar-refractivity contribution is 6.46. The summed E-state index contributed by atoms with van der Waals surface area (Å²) >= 11 is 0. The molecule has 0 bridgehead atoms. The van der Waals surface area contributed by atoms with Gasteiger partial charge < -0.3 is 29.0 Å². The van der Waals surface area contributed by atoms with Crippen LogP contribution < -0.4 is 14.2 Å². The number of hydrogen-bond donors (Lipinski definition) is 1. The number of ether oxygens (including phenoxy) is 4. The van der Waals surface area contributed by atoms with Crippen LogP contribution in [0.15, 0.2) is 48.0 Å². The molecule has 2 aromatic carbocycles. The molecule has 1 aliphatic heterocycles. The van der Waals surface area contributed by atoms with E-state index in [-0.39, 0.29) is 30.6 Å². The van der Waals surface area contributed by atoms with Gasteiger partial charge >= 0.3 is 0 Å². The van der Waals surface area contributed by atoms with Crippen LogP contribution in [0.3, 0.4) is 0 Å². The maximum absolute atomic E-state index is 13.1. The van der Waals surface area contributed by atoms with Crippen molar-refractivity contribution in [2.75, 3.05) is 34.5 Å². The molecule has 3 rings (SSSR count). The first-order chi connectivity index (χ1) is 15.8. The van der Waals surface area contributed by atoms with Gasteiger partial charge in [0, 0.05) is 17.7 Å². The zero-order valence-corrected chi connectivity index (χ0v) is 19.5. The molecule has 0 saturated carbocycles. The Hall–Kier alpha value is -3.52. The van der Waals surface area contributed by atoms with Crippen molar-refractivity contribution < 1.29 is 33.6 Å². The molecule has 1 amide bonds. The van der Waals surface area contributed by atoms with E-state index in [1.54, 1.807) is 42.5 Å². The topological polar surface area (TPSA) is 94.5 Å². The molecule has 33 heavy (non-hydrogen) atoms.